The highest BCUT2D eigenvalue weighted by atomic mass is 32.2. The van der Waals surface area contributed by atoms with Gasteiger partial charge < -0.3 is 14.5 Å². The summed E-state index contributed by atoms with van der Waals surface area (Å²) < 4.78 is 39.7. The van der Waals surface area contributed by atoms with Gasteiger partial charge in [-0.05, 0) is 67.6 Å². The van der Waals surface area contributed by atoms with Crippen molar-refractivity contribution in [2.24, 2.45) is 0 Å². The highest BCUT2D eigenvalue weighted by molar-refractivity contribution is 7.89. The summed E-state index contributed by atoms with van der Waals surface area (Å²) in [6, 6.07) is 11.5. The number of hydrogen-bond acceptors (Lipinski definition) is 6. The fraction of sp³-hybridized carbons (Fsp3) is 0.360. The van der Waals surface area contributed by atoms with Crippen LogP contribution in [-0.2, 0) is 26.0 Å². The van der Waals surface area contributed by atoms with E-state index >= 15 is 0 Å². The predicted octanol–water partition coefficient (Wildman–Crippen LogP) is 2.95. The van der Waals surface area contributed by atoms with Crippen molar-refractivity contribution in [3.05, 3.63) is 75.1 Å². The smallest absolute Gasteiger partial charge is 0.252 e. The van der Waals surface area contributed by atoms with E-state index < -0.39 is 16.1 Å². The molecule has 0 saturated carbocycles. The summed E-state index contributed by atoms with van der Waals surface area (Å²) >= 11 is 0. The summed E-state index contributed by atoms with van der Waals surface area (Å²) in [5.41, 5.74) is 3.09. The van der Waals surface area contributed by atoms with Gasteiger partial charge in [0.2, 0.25) is 10.0 Å². The van der Waals surface area contributed by atoms with E-state index in [9.17, 15) is 18.0 Å². The first kappa shape index (κ1) is 24.3. The monoisotopic (exact) mass is 484 g/mol. The molecular formula is C25H28N2O6S. The second-order valence-electron chi connectivity index (χ2n) is 8.60. The van der Waals surface area contributed by atoms with Crippen molar-refractivity contribution in [2.75, 3.05) is 26.4 Å². The highest BCUT2D eigenvalue weighted by Crippen LogP contribution is 2.23. The Morgan fingerprint density at radius 3 is 2.59 bits per heavy atom. The Morgan fingerprint density at radius 2 is 1.88 bits per heavy atom. The van der Waals surface area contributed by atoms with E-state index in [1.54, 1.807) is 12.1 Å². The number of nitrogens with zero attached hydrogens (tertiary/aromatic N) is 1. The van der Waals surface area contributed by atoms with Crippen LogP contribution in [0.5, 0.6) is 0 Å². The summed E-state index contributed by atoms with van der Waals surface area (Å²) in [5.74, 6) is -0.232. The van der Waals surface area contributed by atoms with Crippen molar-refractivity contribution in [1.29, 1.82) is 0 Å². The quantitative estimate of drug-likeness (QED) is 0.517. The minimum atomic E-state index is -4.05. The number of carbonyl (C=O) groups is 1. The molecule has 1 aliphatic rings. The Morgan fingerprint density at radius 1 is 1.12 bits per heavy atom. The molecule has 1 fully saturated rings. The number of aromatic nitrogens is 1. The van der Waals surface area contributed by atoms with E-state index in [1.807, 2.05) is 26.0 Å². The van der Waals surface area contributed by atoms with Crippen LogP contribution in [0.15, 0.2) is 52.2 Å². The number of rotatable bonds is 7. The molecule has 2 aromatic carbocycles. The average molecular weight is 485 g/mol. The molecule has 1 aliphatic heterocycles. The Kier molecular flexibility index (Phi) is 6.99. The van der Waals surface area contributed by atoms with Crippen molar-refractivity contribution in [3.63, 3.8) is 0 Å². The third kappa shape index (κ3) is 5.12. The van der Waals surface area contributed by atoms with Crippen LogP contribution in [0, 0.1) is 13.8 Å². The summed E-state index contributed by atoms with van der Waals surface area (Å²) in [5, 5.41) is 0.825. The molecule has 34 heavy (non-hydrogen) atoms. The molecule has 9 heteroatoms. The molecule has 4 rings (SSSR count). The fourth-order valence-electron chi connectivity index (χ4n) is 3.97. The van der Waals surface area contributed by atoms with Gasteiger partial charge in [-0.25, -0.2) is 8.42 Å². The number of ether oxygens (including phenoxy) is 2. The van der Waals surface area contributed by atoms with Crippen LogP contribution in [0.4, 0.5) is 0 Å². The molecule has 2 heterocycles. The SMILES string of the molecule is CC(=O)c1cccc(S(=O)(=O)N(Cc2cc3cc(C)c(C)cc3[nH]c2=O)CC2COCCO2)c1. The number of aromatic amines is 1. The zero-order valence-corrected chi connectivity index (χ0v) is 20.3. The molecule has 1 aromatic heterocycles. The van der Waals surface area contributed by atoms with Crippen LogP contribution in [0.25, 0.3) is 10.9 Å². The van der Waals surface area contributed by atoms with Crippen LogP contribution in [-0.4, -0.2) is 56.0 Å². The predicted molar refractivity (Wildman–Crippen MR) is 129 cm³/mol. The van der Waals surface area contributed by atoms with Gasteiger partial charge >= 0.3 is 0 Å². The average Bonchev–Trinajstić information content (AvgIpc) is 2.81. The van der Waals surface area contributed by atoms with Crippen LogP contribution < -0.4 is 5.56 Å². The maximum Gasteiger partial charge on any atom is 0.252 e. The number of benzene rings is 2. The fourth-order valence-corrected chi connectivity index (χ4v) is 5.47. The molecule has 1 N–H and O–H groups in total. The normalized spacial score (nSPS) is 16.8. The lowest BCUT2D eigenvalue weighted by molar-refractivity contribution is -0.0923. The van der Waals surface area contributed by atoms with Crippen molar-refractivity contribution >= 4 is 26.7 Å². The van der Waals surface area contributed by atoms with Crippen LogP contribution >= 0.6 is 0 Å². The molecule has 0 radical (unpaired) electrons. The van der Waals surface area contributed by atoms with Gasteiger partial charge in [0.25, 0.3) is 5.56 Å². The molecule has 180 valence electrons. The largest absolute Gasteiger partial charge is 0.376 e. The third-order valence-corrected chi connectivity index (χ3v) is 7.86. The van der Waals surface area contributed by atoms with Crippen molar-refractivity contribution in [2.45, 2.75) is 38.3 Å². The summed E-state index contributed by atoms with van der Waals surface area (Å²) in [7, 11) is -4.05. The zero-order valence-electron chi connectivity index (χ0n) is 19.5. The van der Waals surface area contributed by atoms with Gasteiger partial charge in [0.1, 0.15) is 0 Å². The van der Waals surface area contributed by atoms with Gasteiger partial charge in [-0.2, -0.15) is 4.31 Å². The number of pyridine rings is 1. The van der Waals surface area contributed by atoms with Crippen LogP contribution in [0.1, 0.15) is 34.0 Å². The van der Waals surface area contributed by atoms with Gasteiger partial charge in [-0.15, -0.1) is 0 Å². The van der Waals surface area contributed by atoms with Gasteiger partial charge in [0.05, 0.1) is 30.8 Å². The molecule has 1 atom stereocenters. The zero-order chi connectivity index (χ0) is 24.5. The van der Waals surface area contributed by atoms with Crippen molar-refractivity contribution < 1.29 is 22.7 Å². The second-order valence-corrected chi connectivity index (χ2v) is 10.5. The number of hydrogen-bond donors (Lipinski definition) is 1. The van der Waals surface area contributed by atoms with E-state index in [2.05, 4.69) is 4.98 Å². The number of Topliss-reactive ketones (excluding diaryl/α,β-unsaturated/α-hetero) is 1. The van der Waals surface area contributed by atoms with Gasteiger partial charge in [-0.1, -0.05) is 12.1 Å². The maximum absolute atomic E-state index is 13.7. The van der Waals surface area contributed by atoms with E-state index in [0.29, 0.717) is 29.9 Å². The number of nitrogens with one attached hydrogen (secondary N) is 1. The third-order valence-electron chi connectivity index (χ3n) is 6.05. The Hall–Kier alpha value is -2.85. The summed E-state index contributed by atoms with van der Waals surface area (Å²) in [6.45, 7) is 6.28. The van der Waals surface area contributed by atoms with Gasteiger partial charge in [0.15, 0.2) is 5.78 Å². The summed E-state index contributed by atoms with van der Waals surface area (Å²) in [4.78, 5) is 27.6. The minimum Gasteiger partial charge on any atom is -0.376 e. The van der Waals surface area contributed by atoms with E-state index in [0.717, 1.165) is 16.5 Å². The molecule has 0 bridgehead atoms. The Bertz CT molecular complexity index is 1390. The number of fused-ring (bicyclic) bond motifs is 1. The summed E-state index contributed by atoms with van der Waals surface area (Å²) in [6.07, 6.45) is -0.469. The molecule has 1 unspecified atom stereocenters. The Balaban J connectivity index is 1.75. The van der Waals surface area contributed by atoms with Crippen molar-refractivity contribution in [3.8, 4) is 0 Å². The lowest BCUT2D eigenvalue weighted by Gasteiger charge is -2.29. The molecule has 0 aliphatic carbocycles. The first-order valence-corrected chi connectivity index (χ1v) is 12.5. The lowest BCUT2D eigenvalue weighted by atomic mass is 10.0. The number of ketones is 1. The van der Waals surface area contributed by atoms with Crippen LogP contribution in [0.3, 0.4) is 0 Å². The maximum atomic E-state index is 13.7. The molecule has 3 aromatic rings. The first-order valence-electron chi connectivity index (χ1n) is 11.1. The molecule has 0 spiro atoms. The number of H-pyrrole nitrogens is 1. The van der Waals surface area contributed by atoms with Gasteiger partial charge in [0, 0.05) is 29.7 Å². The number of sulfonamides is 1. The van der Waals surface area contributed by atoms with Gasteiger partial charge in [-0.3, -0.25) is 9.59 Å². The topological polar surface area (TPSA) is 106 Å². The molecule has 1 saturated heterocycles. The molecular weight excluding hydrogens is 456 g/mol. The second kappa shape index (κ2) is 9.79. The van der Waals surface area contributed by atoms with E-state index in [1.165, 1.54) is 29.4 Å². The number of carbonyl (C=O) groups excluding carboxylic acids is 1. The Labute approximate surface area is 198 Å². The minimum absolute atomic E-state index is 0.0109. The van der Waals surface area contributed by atoms with E-state index in [4.69, 9.17) is 9.47 Å². The van der Waals surface area contributed by atoms with Crippen molar-refractivity contribution in [1.82, 2.24) is 9.29 Å². The van der Waals surface area contributed by atoms with Crippen LogP contribution in [0.2, 0.25) is 0 Å². The standard InChI is InChI=1S/C25H28N2O6S/c1-16-9-20-11-21(25(29)26-24(20)10-17(16)2)13-27(14-22-15-32-7-8-33-22)34(30,31)23-6-4-5-19(12-23)18(3)28/h4-6,9-12,22H,7-8,13-15H2,1-3H3,(H,26,29). The van der Waals surface area contributed by atoms with E-state index in [-0.39, 0.29) is 35.9 Å². The molecule has 8 nitrogen and oxygen atoms in total. The molecule has 0 amide bonds. The first-order chi connectivity index (χ1) is 16.1. The highest BCUT2D eigenvalue weighted by Gasteiger charge is 2.30. The number of aryl methyl sites for hydroxylation is 2. The lowest BCUT2D eigenvalue weighted by Crippen LogP contribution is -2.43.